The molecule has 1 aromatic carbocycles. The lowest BCUT2D eigenvalue weighted by Crippen LogP contribution is -2.14. The van der Waals surface area contributed by atoms with Crippen molar-refractivity contribution in [2.45, 2.75) is 38.9 Å². The van der Waals surface area contributed by atoms with Crippen molar-refractivity contribution < 1.29 is 24.2 Å². The van der Waals surface area contributed by atoms with Crippen LogP contribution in [0.25, 0.3) is 0 Å². The van der Waals surface area contributed by atoms with E-state index < -0.39 is 18.2 Å². The molecule has 0 saturated carbocycles. The number of hydrogen-bond acceptors (Lipinski definition) is 4. The summed E-state index contributed by atoms with van der Waals surface area (Å²) in [6.45, 7) is 3.66. The third-order valence-corrected chi connectivity index (χ3v) is 4.39. The summed E-state index contributed by atoms with van der Waals surface area (Å²) in [7, 11) is 0. The number of carbonyl (C=O) groups is 2. The maximum Gasteiger partial charge on any atom is 0.336 e. The molecule has 2 aliphatic rings. The predicted molar refractivity (Wildman–Crippen MR) is 82.7 cm³/mol. The van der Waals surface area contributed by atoms with Gasteiger partial charge in [0.15, 0.2) is 0 Å². The van der Waals surface area contributed by atoms with E-state index in [2.05, 4.69) is 0 Å². The third-order valence-electron chi connectivity index (χ3n) is 4.39. The normalized spacial score (nSPS) is 23.3. The Morgan fingerprint density at radius 2 is 2.17 bits per heavy atom. The van der Waals surface area contributed by atoms with Crippen molar-refractivity contribution in [1.82, 2.24) is 0 Å². The predicted octanol–water partition coefficient (Wildman–Crippen LogP) is 2.84. The number of carboxylic acids is 1. The second-order valence-corrected chi connectivity index (χ2v) is 5.87. The van der Waals surface area contributed by atoms with Crippen LogP contribution >= 0.6 is 0 Å². The zero-order chi connectivity index (χ0) is 16.6. The lowest BCUT2D eigenvalue weighted by Gasteiger charge is -2.15. The topological polar surface area (TPSA) is 72.8 Å². The largest absolute Gasteiger partial charge is 0.478 e. The van der Waals surface area contributed by atoms with E-state index in [1.165, 1.54) is 23.5 Å². The highest BCUT2D eigenvalue weighted by Gasteiger charge is 2.31. The fraction of sp³-hybridized carbons (Fsp3) is 0.333. The molecule has 1 aromatic rings. The van der Waals surface area contributed by atoms with Gasteiger partial charge in [-0.3, -0.25) is 0 Å². The van der Waals surface area contributed by atoms with Gasteiger partial charge in [-0.2, -0.15) is 0 Å². The van der Waals surface area contributed by atoms with Crippen LogP contribution in [0, 0.1) is 6.92 Å². The van der Waals surface area contributed by atoms with Gasteiger partial charge in [0.25, 0.3) is 6.29 Å². The van der Waals surface area contributed by atoms with Gasteiger partial charge < -0.3 is 14.6 Å². The standard InChI is InChI=1S/C18H18O5/c1-10-4-3-5-13-12(10)6-7-14(13)15(17(19)20)9-22-16-8-11(2)18(21)23-16/h3-5,8-9,14,16H,6-7H2,1-2H3,(H,19,20)/b15-9+. The average Bonchev–Trinajstić information content (AvgIpc) is 3.05. The van der Waals surface area contributed by atoms with Gasteiger partial charge in [0, 0.05) is 17.6 Å². The Bertz CT molecular complexity index is 729. The molecule has 1 aliphatic carbocycles. The Labute approximate surface area is 134 Å². The molecule has 1 heterocycles. The Hall–Kier alpha value is -2.56. The van der Waals surface area contributed by atoms with Crippen molar-refractivity contribution in [1.29, 1.82) is 0 Å². The number of hydrogen-bond donors (Lipinski definition) is 1. The Kier molecular flexibility index (Phi) is 3.94. The van der Waals surface area contributed by atoms with E-state index in [1.807, 2.05) is 25.1 Å². The highest BCUT2D eigenvalue weighted by Crippen LogP contribution is 2.39. The van der Waals surface area contributed by atoms with Crippen molar-refractivity contribution in [3.05, 3.63) is 58.4 Å². The lowest BCUT2D eigenvalue weighted by atomic mass is 9.92. The van der Waals surface area contributed by atoms with Crippen LogP contribution < -0.4 is 0 Å². The van der Waals surface area contributed by atoms with Gasteiger partial charge in [0.05, 0.1) is 11.8 Å². The SMILES string of the molecule is CC1=CC(O/C=C(/C(=O)O)C2CCc3c(C)cccc32)OC1=O. The molecule has 0 radical (unpaired) electrons. The van der Waals surface area contributed by atoms with Crippen LogP contribution in [-0.4, -0.2) is 23.3 Å². The van der Waals surface area contributed by atoms with Crippen LogP contribution in [0.3, 0.4) is 0 Å². The van der Waals surface area contributed by atoms with Gasteiger partial charge in [0.2, 0.25) is 0 Å². The van der Waals surface area contributed by atoms with Crippen molar-refractivity contribution in [3.8, 4) is 0 Å². The van der Waals surface area contributed by atoms with Gasteiger partial charge in [-0.15, -0.1) is 0 Å². The zero-order valence-corrected chi connectivity index (χ0v) is 13.0. The molecule has 0 amide bonds. The molecule has 5 heteroatoms. The zero-order valence-electron chi connectivity index (χ0n) is 13.0. The van der Waals surface area contributed by atoms with Gasteiger partial charge in [-0.25, -0.2) is 9.59 Å². The van der Waals surface area contributed by atoms with Crippen LogP contribution in [0.15, 0.2) is 41.7 Å². The molecule has 0 fully saturated rings. The fourth-order valence-electron chi connectivity index (χ4n) is 3.15. The van der Waals surface area contributed by atoms with Gasteiger partial charge in [-0.1, -0.05) is 18.2 Å². The van der Waals surface area contributed by atoms with Crippen molar-refractivity contribution in [3.63, 3.8) is 0 Å². The number of cyclic esters (lactones) is 1. The number of carbonyl (C=O) groups excluding carboxylic acids is 1. The molecule has 0 spiro atoms. The summed E-state index contributed by atoms with van der Waals surface area (Å²) < 4.78 is 10.3. The van der Waals surface area contributed by atoms with E-state index in [0.29, 0.717) is 5.57 Å². The molecule has 0 aromatic heterocycles. The first kappa shape index (κ1) is 15.3. The molecule has 3 rings (SSSR count). The first-order valence-corrected chi connectivity index (χ1v) is 7.54. The smallest absolute Gasteiger partial charge is 0.336 e. The second kappa shape index (κ2) is 5.91. The fourth-order valence-corrected chi connectivity index (χ4v) is 3.15. The van der Waals surface area contributed by atoms with E-state index in [1.54, 1.807) is 6.92 Å². The van der Waals surface area contributed by atoms with Crippen LogP contribution in [0.2, 0.25) is 0 Å². The first-order valence-electron chi connectivity index (χ1n) is 7.54. The lowest BCUT2D eigenvalue weighted by molar-refractivity contribution is -0.152. The van der Waals surface area contributed by atoms with E-state index in [-0.39, 0.29) is 11.5 Å². The van der Waals surface area contributed by atoms with Gasteiger partial charge in [-0.05, 0) is 43.4 Å². The van der Waals surface area contributed by atoms with E-state index in [0.717, 1.165) is 18.4 Å². The second-order valence-electron chi connectivity index (χ2n) is 5.87. The van der Waals surface area contributed by atoms with Gasteiger partial charge >= 0.3 is 11.9 Å². The monoisotopic (exact) mass is 314 g/mol. The molecule has 1 aliphatic heterocycles. The van der Waals surface area contributed by atoms with Crippen molar-refractivity contribution >= 4 is 11.9 Å². The summed E-state index contributed by atoms with van der Waals surface area (Å²) in [5.74, 6) is -1.67. The maximum atomic E-state index is 11.6. The number of aliphatic carboxylic acids is 1. The first-order chi connectivity index (χ1) is 11.0. The summed E-state index contributed by atoms with van der Waals surface area (Å²) >= 11 is 0. The molecule has 2 atom stereocenters. The summed E-state index contributed by atoms with van der Waals surface area (Å²) in [6.07, 6.45) is 3.49. The van der Waals surface area contributed by atoms with E-state index in [9.17, 15) is 14.7 Å². The van der Waals surface area contributed by atoms with E-state index in [4.69, 9.17) is 9.47 Å². The highest BCUT2D eigenvalue weighted by molar-refractivity contribution is 5.90. The minimum absolute atomic E-state index is 0.184. The number of carboxylic acid groups (broad SMARTS) is 1. The third kappa shape index (κ3) is 2.86. The molecule has 23 heavy (non-hydrogen) atoms. The molecular formula is C18H18O5. The van der Waals surface area contributed by atoms with Crippen LogP contribution in [0.4, 0.5) is 0 Å². The average molecular weight is 314 g/mol. The van der Waals surface area contributed by atoms with Crippen molar-refractivity contribution in [2.24, 2.45) is 0 Å². The number of fused-ring (bicyclic) bond motifs is 1. The molecule has 5 nitrogen and oxygen atoms in total. The van der Waals surface area contributed by atoms with Crippen molar-refractivity contribution in [2.75, 3.05) is 0 Å². The molecule has 0 saturated heterocycles. The molecule has 2 unspecified atom stereocenters. The van der Waals surface area contributed by atoms with Crippen LogP contribution in [-0.2, 0) is 25.5 Å². The van der Waals surface area contributed by atoms with Crippen LogP contribution in [0.5, 0.6) is 0 Å². The molecule has 120 valence electrons. The quantitative estimate of drug-likeness (QED) is 0.525. The molecule has 1 N–H and O–H groups in total. The number of ether oxygens (including phenoxy) is 2. The Morgan fingerprint density at radius 1 is 1.39 bits per heavy atom. The highest BCUT2D eigenvalue weighted by atomic mass is 16.7. The maximum absolute atomic E-state index is 11.6. The Balaban J connectivity index is 1.84. The molecule has 0 bridgehead atoms. The minimum Gasteiger partial charge on any atom is -0.478 e. The minimum atomic E-state index is -1.02. The summed E-state index contributed by atoms with van der Waals surface area (Å²) in [4.78, 5) is 23.0. The summed E-state index contributed by atoms with van der Waals surface area (Å²) in [6, 6.07) is 5.95. The summed E-state index contributed by atoms with van der Waals surface area (Å²) in [5.41, 5.74) is 4.08. The number of benzene rings is 1. The number of esters is 1. The van der Waals surface area contributed by atoms with Crippen LogP contribution in [0.1, 0.15) is 36.0 Å². The van der Waals surface area contributed by atoms with Gasteiger partial charge in [0.1, 0.15) is 0 Å². The number of aryl methyl sites for hydroxylation is 1. The Morgan fingerprint density at radius 3 is 2.83 bits per heavy atom. The molecular weight excluding hydrogens is 296 g/mol. The number of rotatable bonds is 4. The summed E-state index contributed by atoms with van der Waals surface area (Å²) in [5, 5.41) is 9.53. The van der Waals surface area contributed by atoms with E-state index >= 15 is 0 Å².